The molecule has 9 aliphatic rings. The zero-order valence-electron chi connectivity index (χ0n) is 42.3. The van der Waals surface area contributed by atoms with Crippen LogP contribution in [0.1, 0.15) is 71.6 Å². The van der Waals surface area contributed by atoms with Crippen molar-refractivity contribution in [1.29, 1.82) is 0 Å². The Morgan fingerprint density at radius 1 is 0.539 bits per heavy atom. The zero-order valence-corrected chi connectivity index (χ0v) is 42.3. The van der Waals surface area contributed by atoms with Crippen LogP contribution in [-0.4, -0.2) is 274 Å². The van der Waals surface area contributed by atoms with Gasteiger partial charge in [-0.15, -0.1) is 0 Å². The van der Waals surface area contributed by atoms with Gasteiger partial charge in [0.1, 0.15) is 110 Å². The molecule has 5 aliphatic heterocycles. The third-order valence-corrected chi connectivity index (χ3v) is 18.8. The number of carbonyl (C=O) groups is 1. The lowest BCUT2D eigenvalue weighted by Crippen LogP contribution is -2.67. The normalized spacial score (nSPS) is 54.6. The second-order valence-corrected chi connectivity index (χ2v) is 23.2. The summed E-state index contributed by atoms with van der Waals surface area (Å²) < 4.78 is 59.7. The van der Waals surface area contributed by atoms with Crippen LogP contribution < -0.4 is 0 Å². The van der Waals surface area contributed by atoms with Gasteiger partial charge in [-0.1, -0.05) is 19.9 Å². The predicted molar refractivity (Wildman–Crippen MR) is 246 cm³/mol. The summed E-state index contributed by atoms with van der Waals surface area (Å²) in [5.74, 6) is -1.09. The first kappa shape index (κ1) is 58.9. The van der Waals surface area contributed by atoms with Crippen LogP contribution in [0.4, 0.5) is 0 Å². The molecule has 16 N–H and O–H groups in total. The van der Waals surface area contributed by atoms with Crippen LogP contribution in [0.3, 0.4) is 0 Å². The highest BCUT2D eigenvalue weighted by molar-refractivity contribution is 5.77. The van der Waals surface area contributed by atoms with Gasteiger partial charge in [0, 0.05) is 0 Å². The maximum absolute atomic E-state index is 15.1. The summed E-state index contributed by atoms with van der Waals surface area (Å²) in [4.78, 5) is 15.1. The standard InChI is InChI=1S/C49H78O27/c1-18-11-48-9-5-24-46(2,25(48)6-10-49(18,17-48)76-44-38(32(61)29(58)22(14-52)70-44)74-42-35(64)31(60)28(57)21(13-51)69-42)7-4-8-47(24,3)45(66)75-43-39(73-40-33(62)26(55)19(54)16-67-40)36(65)37(23(15-53)71-43)72-41-34(63)30(59)27(56)20(12-50)68-41/h19-44,50-65H,1,4-17H2,2-3H3/t19-,20-,21-,22-,23-,24+,25+,26+,27-,28-,29-,30+,31+,32+,33-,34-,35-,36+,37-,38-,39-,40+,41+,42+,43+,44+,46-,47-,48-,49+/m1/s1. The second kappa shape index (κ2) is 22.5. The van der Waals surface area contributed by atoms with Gasteiger partial charge in [0.2, 0.25) is 6.29 Å². The lowest BCUT2D eigenvalue weighted by Gasteiger charge is -2.64. The molecule has 30 atom stereocenters. The monoisotopic (exact) mass is 1100 g/mol. The molecule has 0 aromatic rings. The van der Waals surface area contributed by atoms with Gasteiger partial charge in [-0.3, -0.25) is 4.79 Å². The number of hydrogen-bond donors (Lipinski definition) is 16. The molecule has 5 saturated heterocycles. The number of fused-ring (bicyclic) bond motifs is 3. The van der Waals surface area contributed by atoms with E-state index in [4.69, 9.17) is 47.4 Å². The largest absolute Gasteiger partial charge is 0.432 e. The molecule has 4 saturated carbocycles. The highest BCUT2D eigenvalue weighted by Crippen LogP contribution is 2.74. The van der Waals surface area contributed by atoms with Gasteiger partial charge in [-0.05, 0) is 86.5 Å². The number of hydrogen-bond acceptors (Lipinski definition) is 27. The molecule has 9 fully saturated rings. The average molecular weight is 1100 g/mol. The molecule has 4 aliphatic carbocycles. The van der Waals surface area contributed by atoms with E-state index in [0.717, 1.165) is 6.42 Å². The molecule has 27 nitrogen and oxygen atoms in total. The van der Waals surface area contributed by atoms with E-state index in [9.17, 15) is 81.7 Å². The average Bonchev–Trinajstić information content (AvgIpc) is 3.65. The van der Waals surface area contributed by atoms with E-state index in [-0.39, 0.29) is 11.8 Å². The van der Waals surface area contributed by atoms with Crippen LogP contribution in [0.2, 0.25) is 0 Å². The minimum atomic E-state index is -1.98. The summed E-state index contributed by atoms with van der Waals surface area (Å²) >= 11 is 0. The molecule has 1 spiro atoms. The Bertz CT molecular complexity index is 2020. The molecule has 2 bridgehead atoms. The van der Waals surface area contributed by atoms with Gasteiger partial charge >= 0.3 is 5.97 Å². The molecular formula is C49H78O27. The van der Waals surface area contributed by atoms with Crippen molar-refractivity contribution in [2.75, 3.05) is 33.0 Å². The van der Waals surface area contributed by atoms with Gasteiger partial charge in [0.25, 0.3) is 0 Å². The topological polar surface area (TPSA) is 433 Å². The van der Waals surface area contributed by atoms with E-state index in [2.05, 4.69) is 13.5 Å². The van der Waals surface area contributed by atoms with Gasteiger partial charge in [-0.25, -0.2) is 0 Å². The summed E-state index contributed by atoms with van der Waals surface area (Å²) in [6.45, 7) is 4.73. The summed E-state index contributed by atoms with van der Waals surface area (Å²) in [5, 5.41) is 170. The van der Waals surface area contributed by atoms with Gasteiger partial charge < -0.3 is 129 Å². The lowest BCUT2D eigenvalue weighted by atomic mass is 9.41. The number of carbonyl (C=O) groups excluding carboxylic acids is 1. The Morgan fingerprint density at radius 2 is 1.04 bits per heavy atom. The molecule has 436 valence electrons. The maximum Gasteiger partial charge on any atom is 0.314 e. The van der Waals surface area contributed by atoms with Gasteiger partial charge in [0.05, 0.1) is 44.1 Å². The maximum atomic E-state index is 15.1. The van der Waals surface area contributed by atoms with Crippen molar-refractivity contribution in [1.82, 2.24) is 0 Å². The Morgan fingerprint density at radius 3 is 1.63 bits per heavy atom. The van der Waals surface area contributed by atoms with E-state index in [1.807, 2.05) is 0 Å². The van der Waals surface area contributed by atoms with Crippen molar-refractivity contribution in [3.05, 3.63) is 12.2 Å². The van der Waals surface area contributed by atoms with Crippen LogP contribution in [0.25, 0.3) is 0 Å². The van der Waals surface area contributed by atoms with Crippen molar-refractivity contribution in [2.45, 2.75) is 225 Å². The number of esters is 1. The number of ether oxygens (including phenoxy) is 10. The first-order valence-corrected chi connectivity index (χ1v) is 26.3. The number of rotatable bonds is 14. The van der Waals surface area contributed by atoms with Gasteiger partial charge in [-0.2, -0.15) is 0 Å². The van der Waals surface area contributed by atoms with Crippen LogP contribution in [0.5, 0.6) is 0 Å². The highest BCUT2D eigenvalue weighted by Gasteiger charge is 2.70. The third kappa shape index (κ3) is 10.0. The van der Waals surface area contributed by atoms with Crippen LogP contribution >= 0.6 is 0 Å². The Hall–Kier alpha value is -1.79. The van der Waals surface area contributed by atoms with Crippen molar-refractivity contribution >= 4 is 5.97 Å². The smallest absolute Gasteiger partial charge is 0.314 e. The van der Waals surface area contributed by atoms with E-state index in [0.29, 0.717) is 56.9 Å². The van der Waals surface area contributed by atoms with E-state index >= 15 is 4.79 Å². The Kier molecular flexibility index (Phi) is 17.4. The molecule has 0 aromatic carbocycles. The van der Waals surface area contributed by atoms with Crippen LogP contribution in [0.15, 0.2) is 12.2 Å². The first-order chi connectivity index (χ1) is 35.9. The summed E-state index contributed by atoms with van der Waals surface area (Å²) in [6.07, 6.45) is -36.5. The fourth-order valence-corrected chi connectivity index (χ4v) is 14.7. The van der Waals surface area contributed by atoms with Crippen molar-refractivity contribution in [2.24, 2.45) is 28.1 Å². The van der Waals surface area contributed by atoms with Crippen molar-refractivity contribution in [3.63, 3.8) is 0 Å². The molecule has 5 heterocycles. The SMILES string of the molecule is C=C1C[C@@]23CC[C@H]4[C@@](C)(CCC[C@@]4(C)C(=O)O[C@@H]4O[C@H](CO)[C@@H](O[C@@H]5O[C@H](CO)[C@@H](O)[C@H](O)[C@H]5O)[C@H](O)[C@H]4O[C@@H]4OC[C@@H](O)[C@H](O)[C@H]4O)[C@@H]2CC[C@]1(O[C@@H]1O[C@H](CO)[C@@H](O)[C@H](O)[C@H]1O[C@@H]1O[C@H](CO)[C@@H](O)[C@H](O)[C@H]1O)C3. The van der Waals surface area contributed by atoms with E-state index in [1.54, 1.807) is 6.92 Å². The molecule has 0 aromatic heterocycles. The molecule has 9 rings (SSSR count). The fourth-order valence-electron chi connectivity index (χ4n) is 14.7. The molecule has 76 heavy (non-hydrogen) atoms. The first-order valence-electron chi connectivity index (χ1n) is 26.3. The molecule has 27 heteroatoms. The summed E-state index contributed by atoms with van der Waals surface area (Å²) in [7, 11) is 0. The Labute approximate surface area is 437 Å². The molecular weight excluding hydrogens is 1020 g/mol. The Balaban J connectivity index is 0.939. The molecule has 0 unspecified atom stereocenters. The van der Waals surface area contributed by atoms with E-state index < -0.39 is 208 Å². The number of aliphatic hydroxyl groups is 16. The molecule has 0 radical (unpaired) electrons. The van der Waals surface area contributed by atoms with Crippen molar-refractivity contribution < 1.29 is 134 Å². The van der Waals surface area contributed by atoms with Crippen molar-refractivity contribution in [3.8, 4) is 0 Å². The van der Waals surface area contributed by atoms with Crippen LogP contribution in [0, 0.1) is 28.1 Å². The fraction of sp³-hybridized carbons (Fsp3) is 0.939. The summed E-state index contributed by atoms with van der Waals surface area (Å²) in [6, 6.07) is 0. The highest BCUT2D eigenvalue weighted by atomic mass is 16.8. The van der Waals surface area contributed by atoms with Crippen LogP contribution in [-0.2, 0) is 52.2 Å². The molecule has 0 amide bonds. The third-order valence-electron chi connectivity index (χ3n) is 18.8. The second-order valence-electron chi connectivity index (χ2n) is 23.2. The van der Waals surface area contributed by atoms with E-state index in [1.165, 1.54) is 0 Å². The predicted octanol–water partition coefficient (Wildman–Crippen LogP) is -6.65. The minimum absolute atomic E-state index is 0.0252. The zero-order chi connectivity index (χ0) is 55.1. The quantitative estimate of drug-likeness (QED) is 0.0437. The lowest BCUT2D eigenvalue weighted by molar-refractivity contribution is -0.379. The minimum Gasteiger partial charge on any atom is -0.432 e. The number of aliphatic hydroxyl groups excluding tert-OH is 16. The summed E-state index contributed by atoms with van der Waals surface area (Å²) in [5.41, 5.74) is -2.54. The van der Waals surface area contributed by atoms with Gasteiger partial charge in [0.15, 0.2) is 31.3 Å².